The highest BCUT2D eigenvalue weighted by molar-refractivity contribution is 5.77. The number of carbonyl (C=O) groups is 1. The Morgan fingerprint density at radius 2 is 2.00 bits per heavy atom. The normalized spacial score (nSPS) is 33.6. The van der Waals surface area contributed by atoms with E-state index in [0.29, 0.717) is 31.1 Å². The summed E-state index contributed by atoms with van der Waals surface area (Å²) in [6.45, 7) is 2.82. The van der Waals surface area contributed by atoms with Gasteiger partial charge in [0.15, 0.2) is 11.6 Å². The van der Waals surface area contributed by atoms with Gasteiger partial charge >= 0.3 is 0 Å². The Labute approximate surface area is 146 Å². The number of hydrogen-bond donors (Lipinski definition) is 0. The molecule has 0 N–H and O–H groups in total. The molecule has 4 saturated heterocycles. The van der Waals surface area contributed by atoms with Crippen molar-refractivity contribution in [2.24, 2.45) is 5.92 Å². The maximum Gasteiger partial charge on any atom is 0.225 e. The molecule has 1 aromatic rings. The number of fused-ring (bicyclic) bond motifs is 2. The summed E-state index contributed by atoms with van der Waals surface area (Å²) in [5.74, 6) is -1.22. The zero-order valence-electron chi connectivity index (χ0n) is 14.5. The highest BCUT2D eigenvalue weighted by atomic mass is 19.2. The maximum absolute atomic E-state index is 14.5. The second-order valence-electron chi connectivity index (χ2n) is 7.39. The van der Waals surface area contributed by atoms with Crippen LogP contribution in [0.3, 0.4) is 0 Å². The molecule has 0 saturated carbocycles. The van der Waals surface area contributed by atoms with Gasteiger partial charge in [0, 0.05) is 25.6 Å². The number of nitrogens with zero attached hydrogens (tertiary/aromatic N) is 2. The number of halogens is 2. The second kappa shape index (κ2) is 6.65. The SMILES string of the molecule is COCCC(=O)N1C[C@@H](c2cccc(F)c2F)[C@@H]2[C@H]1C1CCN2CC1. The van der Waals surface area contributed by atoms with Gasteiger partial charge in [-0.15, -0.1) is 0 Å². The summed E-state index contributed by atoms with van der Waals surface area (Å²) in [6, 6.07) is 4.59. The second-order valence-corrected chi connectivity index (χ2v) is 7.39. The number of rotatable bonds is 4. The monoisotopic (exact) mass is 350 g/mol. The molecule has 2 bridgehead atoms. The van der Waals surface area contributed by atoms with Gasteiger partial charge in [-0.2, -0.15) is 0 Å². The van der Waals surface area contributed by atoms with Crippen LogP contribution in [0, 0.1) is 17.6 Å². The Morgan fingerprint density at radius 3 is 2.72 bits per heavy atom. The van der Waals surface area contributed by atoms with Crippen LogP contribution in [0.25, 0.3) is 0 Å². The van der Waals surface area contributed by atoms with E-state index < -0.39 is 11.6 Å². The van der Waals surface area contributed by atoms with Crippen LogP contribution in [0.15, 0.2) is 18.2 Å². The predicted molar refractivity (Wildman–Crippen MR) is 89.2 cm³/mol. The number of piperidine rings is 3. The molecule has 5 rings (SSSR count). The fourth-order valence-corrected chi connectivity index (χ4v) is 5.12. The van der Waals surface area contributed by atoms with E-state index in [1.807, 2.05) is 4.90 Å². The lowest BCUT2D eigenvalue weighted by Crippen LogP contribution is -2.60. The third-order valence-electron chi connectivity index (χ3n) is 6.22. The summed E-state index contributed by atoms with van der Waals surface area (Å²) in [5, 5.41) is 0. The van der Waals surface area contributed by atoms with Crippen LogP contribution in [-0.2, 0) is 9.53 Å². The van der Waals surface area contributed by atoms with Crippen molar-refractivity contribution in [3.05, 3.63) is 35.4 Å². The van der Waals surface area contributed by atoms with Gasteiger partial charge in [0.05, 0.1) is 19.1 Å². The van der Waals surface area contributed by atoms with Crippen LogP contribution >= 0.6 is 0 Å². The van der Waals surface area contributed by atoms with Crippen molar-refractivity contribution < 1.29 is 18.3 Å². The van der Waals surface area contributed by atoms with Gasteiger partial charge < -0.3 is 9.64 Å². The van der Waals surface area contributed by atoms with Crippen molar-refractivity contribution in [1.82, 2.24) is 9.80 Å². The van der Waals surface area contributed by atoms with E-state index >= 15 is 0 Å². The highest BCUT2D eigenvalue weighted by Gasteiger charge is 2.54. The van der Waals surface area contributed by atoms with E-state index in [0.717, 1.165) is 32.0 Å². The fraction of sp³-hybridized carbons (Fsp3) is 0.632. The first-order chi connectivity index (χ1) is 12.1. The van der Waals surface area contributed by atoms with Crippen LogP contribution in [0.5, 0.6) is 0 Å². The lowest BCUT2D eigenvalue weighted by molar-refractivity contribution is -0.136. The van der Waals surface area contributed by atoms with Crippen LogP contribution < -0.4 is 0 Å². The first kappa shape index (κ1) is 16.9. The lowest BCUT2D eigenvalue weighted by atomic mass is 9.75. The van der Waals surface area contributed by atoms with Gasteiger partial charge in [0.1, 0.15) is 0 Å². The van der Waals surface area contributed by atoms with Gasteiger partial charge in [-0.1, -0.05) is 12.1 Å². The third kappa shape index (κ3) is 2.75. The van der Waals surface area contributed by atoms with Crippen molar-refractivity contribution in [2.75, 3.05) is 33.4 Å². The molecule has 4 aliphatic rings. The maximum atomic E-state index is 14.5. The fourth-order valence-electron chi connectivity index (χ4n) is 5.12. The first-order valence-corrected chi connectivity index (χ1v) is 9.08. The Morgan fingerprint density at radius 1 is 1.24 bits per heavy atom. The van der Waals surface area contributed by atoms with E-state index in [1.54, 1.807) is 19.2 Å². The summed E-state index contributed by atoms with van der Waals surface area (Å²) < 4.78 is 33.3. The molecule has 4 fully saturated rings. The topological polar surface area (TPSA) is 32.8 Å². The zero-order chi connectivity index (χ0) is 17.6. The van der Waals surface area contributed by atoms with Crippen molar-refractivity contribution in [3.63, 3.8) is 0 Å². The average Bonchev–Trinajstić information content (AvgIpc) is 3.06. The van der Waals surface area contributed by atoms with Gasteiger partial charge in [-0.05, 0) is 43.5 Å². The molecule has 4 heterocycles. The van der Waals surface area contributed by atoms with Crippen molar-refractivity contribution in [1.29, 1.82) is 0 Å². The zero-order valence-corrected chi connectivity index (χ0v) is 14.5. The molecule has 0 unspecified atom stereocenters. The smallest absolute Gasteiger partial charge is 0.225 e. The Hall–Kier alpha value is -1.53. The first-order valence-electron chi connectivity index (χ1n) is 9.08. The number of amides is 1. The molecule has 0 radical (unpaired) electrons. The summed E-state index contributed by atoms with van der Waals surface area (Å²) in [7, 11) is 1.58. The average molecular weight is 350 g/mol. The summed E-state index contributed by atoms with van der Waals surface area (Å²) in [4.78, 5) is 17.0. The summed E-state index contributed by atoms with van der Waals surface area (Å²) in [6.07, 6.45) is 2.49. The van der Waals surface area contributed by atoms with E-state index in [1.165, 1.54) is 0 Å². The van der Waals surface area contributed by atoms with Crippen LogP contribution in [0.2, 0.25) is 0 Å². The number of hydrogen-bond acceptors (Lipinski definition) is 3. The Bertz CT molecular complexity index is 661. The van der Waals surface area contributed by atoms with E-state index in [9.17, 15) is 13.6 Å². The van der Waals surface area contributed by atoms with Gasteiger partial charge in [-0.25, -0.2) is 8.78 Å². The van der Waals surface area contributed by atoms with E-state index in [-0.39, 0.29) is 23.9 Å². The quantitative estimate of drug-likeness (QED) is 0.836. The largest absolute Gasteiger partial charge is 0.384 e. The molecule has 0 aromatic heterocycles. The van der Waals surface area contributed by atoms with Crippen molar-refractivity contribution in [2.45, 2.75) is 37.3 Å². The molecule has 25 heavy (non-hydrogen) atoms. The van der Waals surface area contributed by atoms with Gasteiger partial charge in [0.2, 0.25) is 5.91 Å². The third-order valence-corrected chi connectivity index (χ3v) is 6.22. The number of benzene rings is 1. The molecule has 3 atom stereocenters. The lowest BCUT2D eigenvalue weighted by Gasteiger charge is -2.51. The number of carbonyl (C=O) groups excluding carboxylic acids is 1. The molecule has 4 nitrogen and oxygen atoms in total. The molecular weight excluding hydrogens is 326 g/mol. The van der Waals surface area contributed by atoms with Gasteiger partial charge in [0.25, 0.3) is 0 Å². The molecule has 0 aliphatic carbocycles. The Kier molecular flexibility index (Phi) is 4.50. The van der Waals surface area contributed by atoms with Crippen LogP contribution in [-0.4, -0.2) is 61.1 Å². The summed E-state index contributed by atoms with van der Waals surface area (Å²) in [5.41, 5.74) is 0.407. The molecule has 1 amide bonds. The van der Waals surface area contributed by atoms with Crippen LogP contribution in [0.4, 0.5) is 8.78 Å². The highest BCUT2D eigenvalue weighted by Crippen LogP contribution is 2.47. The Balaban J connectivity index is 1.68. The van der Waals surface area contributed by atoms with E-state index in [4.69, 9.17) is 4.74 Å². The van der Waals surface area contributed by atoms with Crippen molar-refractivity contribution in [3.8, 4) is 0 Å². The number of ether oxygens (including phenoxy) is 1. The molecule has 0 spiro atoms. The standard InChI is InChI=1S/C19H24F2N2O2/c1-25-10-7-16(24)23-11-14(13-3-2-4-15(20)17(13)21)19-18(23)12-5-8-22(19)9-6-12/h2-4,12,14,18-19H,5-11H2,1H3/t14-,18+,19+/m0/s1. The minimum atomic E-state index is -0.811. The van der Waals surface area contributed by atoms with Gasteiger partial charge in [-0.3, -0.25) is 9.69 Å². The molecule has 136 valence electrons. The minimum Gasteiger partial charge on any atom is -0.384 e. The molecule has 1 aromatic carbocycles. The minimum absolute atomic E-state index is 0.0601. The van der Waals surface area contributed by atoms with E-state index in [2.05, 4.69) is 4.90 Å². The molecule has 4 aliphatic heterocycles. The van der Waals surface area contributed by atoms with Crippen molar-refractivity contribution >= 4 is 5.91 Å². The molecule has 6 heteroatoms. The summed E-state index contributed by atoms with van der Waals surface area (Å²) >= 11 is 0. The number of methoxy groups -OCH3 is 1. The molecular formula is C19H24F2N2O2. The number of likely N-dealkylation sites (tertiary alicyclic amines) is 1. The van der Waals surface area contributed by atoms with Crippen LogP contribution in [0.1, 0.15) is 30.7 Å². The predicted octanol–water partition coefficient (Wildman–Crippen LogP) is 2.39.